The van der Waals surface area contributed by atoms with Gasteiger partial charge in [-0.3, -0.25) is 4.79 Å². The highest BCUT2D eigenvalue weighted by Crippen LogP contribution is 2.31. The van der Waals surface area contributed by atoms with Crippen LogP contribution in [0, 0.1) is 5.41 Å². The molecule has 3 nitrogen and oxygen atoms in total. The minimum absolute atomic E-state index is 0.0146. The Morgan fingerprint density at radius 3 is 2.83 bits per heavy atom. The van der Waals surface area contributed by atoms with Crippen molar-refractivity contribution in [3.63, 3.8) is 0 Å². The zero-order chi connectivity index (χ0) is 13.3. The molecule has 0 saturated carbocycles. The maximum absolute atomic E-state index is 12.4. The Bertz CT molecular complexity index is 478. The number of hydrogen-bond acceptors (Lipinski definition) is 2. The molecule has 2 N–H and O–H groups in total. The first-order valence-electron chi connectivity index (χ1n) is 5.90. The molecule has 1 aliphatic heterocycles. The Balaban J connectivity index is 2.20. The number of carbonyl (C=O) groups is 1. The minimum Gasteiger partial charge on any atom is -0.338 e. The number of carbonyl (C=O) groups excluding carboxylic acids is 1. The molecule has 98 valence electrons. The fraction of sp³-hybridized carbons (Fsp3) is 0.462. The lowest BCUT2D eigenvalue weighted by Crippen LogP contribution is -2.34. The number of hydrogen-bond donors (Lipinski definition) is 1. The number of nitrogens with zero attached hydrogens (tertiary/aromatic N) is 1. The lowest BCUT2D eigenvalue weighted by molar-refractivity contribution is 0.0777. The molecule has 1 saturated heterocycles. The van der Waals surface area contributed by atoms with Gasteiger partial charge in [0.15, 0.2) is 0 Å². The number of nitrogens with two attached hydrogens (primary N) is 1. The van der Waals surface area contributed by atoms with E-state index in [9.17, 15) is 4.79 Å². The summed E-state index contributed by atoms with van der Waals surface area (Å²) in [5, 5.41) is 0.953. The summed E-state index contributed by atoms with van der Waals surface area (Å²) < 4.78 is 0. The lowest BCUT2D eigenvalue weighted by atomic mass is 9.90. The highest BCUT2D eigenvalue weighted by molar-refractivity contribution is 6.35. The van der Waals surface area contributed by atoms with Crippen molar-refractivity contribution >= 4 is 29.1 Å². The fourth-order valence-electron chi connectivity index (χ4n) is 2.20. The average molecular weight is 287 g/mol. The van der Waals surface area contributed by atoms with Crippen LogP contribution in [0.15, 0.2) is 18.2 Å². The molecule has 1 aliphatic rings. The van der Waals surface area contributed by atoms with E-state index in [4.69, 9.17) is 28.9 Å². The highest BCUT2D eigenvalue weighted by Gasteiger charge is 2.35. The molecule has 1 heterocycles. The van der Waals surface area contributed by atoms with Crippen molar-refractivity contribution < 1.29 is 4.79 Å². The van der Waals surface area contributed by atoms with Crippen LogP contribution in [0.1, 0.15) is 23.7 Å². The van der Waals surface area contributed by atoms with Crippen molar-refractivity contribution in [2.24, 2.45) is 11.1 Å². The second-order valence-electron chi connectivity index (χ2n) is 5.12. The van der Waals surface area contributed by atoms with Crippen molar-refractivity contribution in [1.82, 2.24) is 4.90 Å². The van der Waals surface area contributed by atoms with Crippen molar-refractivity contribution in [1.29, 1.82) is 0 Å². The molecule has 2 rings (SSSR count). The summed E-state index contributed by atoms with van der Waals surface area (Å²) in [4.78, 5) is 14.2. The standard InChI is InChI=1S/C13H16Cl2N2O/c1-13(7-16)4-5-17(8-13)12(18)10-6-9(14)2-3-11(10)15/h2-3,6H,4-5,7-8,16H2,1H3. The van der Waals surface area contributed by atoms with Crippen LogP contribution in [0.4, 0.5) is 0 Å². The minimum atomic E-state index is -0.0697. The van der Waals surface area contributed by atoms with Gasteiger partial charge in [-0.2, -0.15) is 0 Å². The van der Waals surface area contributed by atoms with Crippen LogP contribution in [0.5, 0.6) is 0 Å². The van der Waals surface area contributed by atoms with Crippen molar-refractivity contribution in [3.8, 4) is 0 Å². The van der Waals surface area contributed by atoms with Crippen LogP contribution >= 0.6 is 23.2 Å². The third-order valence-electron chi connectivity index (χ3n) is 3.50. The summed E-state index contributed by atoms with van der Waals surface area (Å²) in [5.41, 5.74) is 6.22. The van der Waals surface area contributed by atoms with Gasteiger partial charge in [0.25, 0.3) is 5.91 Å². The molecule has 0 aromatic heterocycles. The SMILES string of the molecule is CC1(CN)CCN(C(=O)c2cc(Cl)ccc2Cl)C1. The number of benzene rings is 1. The maximum Gasteiger partial charge on any atom is 0.255 e. The van der Waals surface area contributed by atoms with Gasteiger partial charge in [-0.15, -0.1) is 0 Å². The molecule has 1 unspecified atom stereocenters. The van der Waals surface area contributed by atoms with E-state index in [1.54, 1.807) is 23.1 Å². The van der Waals surface area contributed by atoms with Crippen molar-refractivity contribution in [2.45, 2.75) is 13.3 Å². The van der Waals surface area contributed by atoms with Gasteiger partial charge in [0.2, 0.25) is 0 Å². The first kappa shape index (κ1) is 13.7. The molecular weight excluding hydrogens is 271 g/mol. The van der Waals surface area contributed by atoms with E-state index in [1.807, 2.05) is 0 Å². The molecule has 1 aromatic rings. The lowest BCUT2D eigenvalue weighted by Gasteiger charge is -2.22. The van der Waals surface area contributed by atoms with Gasteiger partial charge in [0.05, 0.1) is 10.6 Å². The summed E-state index contributed by atoms with van der Waals surface area (Å²) in [6.45, 7) is 4.07. The second kappa shape index (κ2) is 5.08. The Kier molecular flexibility index (Phi) is 3.85. The summed E-state index contributed by atoms with van der Waals surface area (Å²) in [6, 6.07) is 4.94. The molecule has 0 aliphatic carbocycles. The quantitative estimate of drug-likeness (QED) is 0.909. The largest absolute Gasteiger partial charge is 0.338 e. The first-order chi connectivity index (χ1) is 8.45. The number of likely N-dealkylation sites (tertiary alicyclic amines) is 1. The van der Waals surface area contributed by atoms with E-state index in [-0.39, 0.29) is 11.3 Å². The van der Waals surface area contributed by atoms with E-state index in [2.05, 4.69) is 6.92 Å². The maximum atomic E-state index is 12.4. The van der Waals surface area contributed by atoms with E-state index >= 15 is 0 Å². The van der Waals surface area contributed by atoms with Crippen LogP contribution < -0.4 is 5.73 Å². The van der Waals surface area contributed by atoms with Gasteiger partial charge in [0, 0.05) is 18.1 Å². The van der Waals surface area contributed by atoms with Gasteiger partial charge < -0.3 is 10.6 Å². The molecule has 0 spiro atoms. The van der Waals surface area contributed by atoms with E-state index in [0.29, 0.717) is 28.7 Å². The summed E-state index contributed by atoms with van der Waals surface area (Å²) in [7, 11) is 0. The summed E-state index contributed by atoms with van der Waals surface area (Å²) in [6.07, 6.45) is 0.924. The smallest absolute Gasteiger partial charge is 0.255 e. The number of amides is 1. The highest BCUT2D eigenvalue weighted by atomic mass is 35.5. The molecule has 1 fully saturated rings. The third kappa shape index (κ3) is 2.63. The Labute approximate surface area is 117 Å². The Morgan fingerprint density at radius 1 is 1.50 bits per heavy atom. The van der Waals surface area contributed by atoms with E-state index in [0.717, 1.165) is 13.0 Å². The van der Waals surface area contributed by atoms with E-state index in [1.165, 1.54) is 0 Å². The molecule has 1 amide bonds. The van der Waals surface area contributed by atoms with Crippen molar-refractivity contribution in [2.75, 3.05) is 19.6 Å². The molecular formula is C13H16Cl2N2O. The van der Waals surface area contributed by atoms with Gasteiger partial charge >= 0.3 is 0 Å². The van der Waals surface area contributed by atoms with Crippen LogP contribution in [0.25, 0.3) is 0 Å². The molecule has 18 heavy (non-hydrogen) atoms. The fourth-order valence-corrected chi connectivity index (χ4v) is 2.57. The topological polar surface area (TPSA) is 46.3 Å². The van der Waals surface area contributed by atoms with Gasteiger partial charge in [-0.05, 0) is 36.6 Å². The second-order valence-corrected chi connectivity index (χ2v) is 5.96. The molecule has 1 atom stereocenters. The molecule has 0 bridgehead atoms. The monoisotopic (exact) mass is 286 g/mol. The van der Waals surface area contributed by atoms with Crippen molar-refractivity contribution in [3.05, 3.63) is 33.8 Å². The normalized spacial score (nSPS) is 23.4. The Morgan fingerprint density at radius 2 is 2.22 bits per heavy atom. The third-order valence-corrected chi connectivity index (χ3v) is 4.06. The van der Waals surface area contributed by atoms with Crippen LogP contribution in [0.2, 0.25) is 10.0 Å². The zero-order valence-corrected chi connectivity index (χ0v) is 11.8. The number of halogens is 2. The van der Waals surface area contributed by atoms with Crippen LogP contribution in [-0.2, 0) is 0 Å². The molecule has 0 radical (unpaired) electrons. The summed E-state index contributed by atoms with van der Waals surface area (Å²) >= 11 is 11.9. The van der Waals surface area contributed by atoms with Gasteiger partial charge in [-0.25, -0.2) is 0 Å². The summed E-state index contributed by atoms with van der Waals surface area (Å²) in [5.74, 6) is -0.0697. The van der Waals surface area contributed by atoms with E-state index < -0.39 is 0 Å². The van der Waals surface area contributed by atoms with Crippen LogP contribution in [0.3, 0.4) is 0 Å². The predicted octanol–water partition coefficient (Wildman–Crippen LogP) is 2.80. The van der Waals surface area contributed by atoms with Gasteiger partial charge in [0.1, 0.15) is 0 Å². The van der Waals surface area contributed by atoms with Gasteiger partial charge in [-0.1, -0.05) is 30.1 Å². The zero-order valence-electron chi connectivity index (χ0n) is 10.2. The predicted molar refractivity (Wildman–Crippen MR) is 74.1 cm³/mol. The Hall–Kier alpha value is -0.770. The number of rotatable bonds is 2. The average Bonchev–Trinajstić information content (AvgIpc) is 2.75. The van der Waals surface area contributed by atoms with Crippen LogP contribution in [-0.4, -0.2) is 30.4 Å². The molecule has 5 heteroatoms. The first-order valence-corrected chi connectivity index (χ1v) is 6.65. The molecule has 1 aromatic carbocycles.